The zero-order chi connectivity index (χ0) is 23.6. The lowest BCUT2D eigenvalue weighted by atomic mass is 10.1. The van der Waals surface area contributed by atoms with Crippen LogP contribution in [0.15, 0.2) is 65.6 Å². The minimum Gasteiger partial charge on any atom is -0.482 e. The van der Waals surface area contributed by atoms with E-state index >= 15 is 0 Å². The average molecular weight is 490 g/mol. The molecule has 4 nitrogen and oxygen atoms in total. The molecule has 0 spiro atoms. The van der Waals surface area contributed by atoms with Crippen LogP contribution in [-0.2, 0) is 16.7 Å². The summed E-state index contributed by atoms with van der Waals surface area (Å²) in [7, 11) is 0. The Balaban J connectivity index is 1.45. The first-order chi connectivity index (χ1) is 15.7. The van der Waals surface area contributed by atoms with Crippen molar-refractivity contribution in [1.82, 2.24) is 4.98 Å². The van der Waals surface area contributed by atoms with E-state index in [4.69, 9.17) is 9.84 Å². The number of fused-ring (bicyclic) bond motifs is 1. The average Bonchev–Trinajstić information content (AvgIpc) is 3.20. The highest BCUT2D eigenvalue weighted by atomic mass is 32.2. The Bertz CT molecular complexity index is 1300. The van der Waals surface area contributed by atoms with E-state index in [1.807, 2.05) is 37.3 Å². The molecule has 0 aliphatic heterocycles. The lowest BCUT2D eigenvalue weighted by Crippen LogP contribution is -2.09. The standard InChI is InChI=1S/C24H18F3NO3S2/c1-14-10-18(7-9-20(14)31-12-22(29)30)32-13-15-2-8-19-21(11-15)33-23(28-19)16-3-5-17(6-4-16)24(25,26)27/h2-11H,12-13H2,1H3,(H,29,30). The molecule has 4 rings (SSSR count). The summed E-state index contributed by atoms with van der Waals surface area (Å²) in [6.45, 7) is 1.49. The molecule has 0 atom stereocenters. The van der Waals surface area contributed by atoms with Crippen LogP contribution in [0.4, 0.5) is 13.2 Å². The quantitative estimate of drug-likeness (QED) is 0.282. The number of carboxylic acids is 1. The molecule has 1 N–H and O–H groups in total. The number of nitrogens with zero attached hydrogens (tertiary/aromatic N) is 1. The molecule has 0 saturated heterocycles. The van der Waals surface area contributed by atoms with E-state index in [1.54, 1.807) is 17.8 Å². The van der Waals surface area contributed by atoms with Gasteiger partial charge >= 0.3 is 12.1 Å². The van der Waals surface area contributed by atoms with Crippen molar-refractivity contribution in [3.8, 4) is 16.3 Å². The van der Waals surface area contributed by atoms with Gasteiger partial charge in [-0.25, -0.2) is 9.78 Å². The number of aryl methyl sites for hydroxylation is 1. The third-order valence-corrected chi connectivity index (χ3v) is 6.95. The Morgan fingerprint density at radius 2 is 1.85 bits per heavy atom. The van der Waals surface area contributed by atoms with Gasteiger partial charge in [0.25, 0.3) is 0 Å². The zero-order valence-corrected chi connectivity index (χ0v) is 19.0. The van der Waals surface area contributed by atoms with E-state index in [2.05, 4.69) is 4.98 Å². The van der Waals surface area contributed by atoms with Crippen LogP contribution in [0.1, 0.15) is 16.7 Å². The van der Waals surface area contributed by atoms with Gasteiger partial charge in [0.1, 0.15) is 10.8 Å². The van der Waals surface area contributed by atoms with Crippen molar-refractivity contribution in [2.45, 2.75) is 23.7 Å². The van der Waals surface area contributed by atoms with Gasteiger partial charge < -0.3 is 9.84 Å². The number of benzene rings is 3. The van der Waals surface area contributed by atoms with Crippen LogP contribution in [0, 0.1) is 6.92 Å². The van der Waals surface area contributed by atoms with Crippen LogP contribution in [0.5, 0.6) is 5.75 Å². The molecule has 170 valence electrons. The summed E-state index contributed by atoms with van der Waals surface area (Å²) in [5.74, 6) is 0.245. The van der Waals surface area contributed by atoms with Crippen molar-refractivity contribution >= 4 is 39.3 Å². The van der Waals surface area contributed by atoms with E-state index in [1.165, 1.54) is 23.5 Å². The number of rotatable bonds is 7. The molecule has 4 aromatic rings. The van der Waals surface area contributed by atoms with Gasteiger partial charge in [-0.2, -0.15) is 13.2 Å². The number of aliphatic carboxylic acids is 1. The molecule has 0 amide bonds. The van der Waals surface area contributed by atoms with Gasteiger partial charge in [0.15, 0.2) is 6.61 Å². The van der Waals surface area contributed by atoms with Crippen molar-refractivity contribution in [3.63, 3.8) is 0 Å². The fourth-order valence-corrected chi connectivity index (χ4v) is 5.14. The van der Waals surface area contributed by atoms with Gasteiger partial charge in [0, 0.05) is 16.2 Å². The molecule has 0 unspecified atom stereocenters. The third kappa shape index (κ3) is 5.66. The number of aromatic nitrogens is 1. The summed E-state index contributed by atoms with van der Waals surface area (Å²) in [6, 6.07) is 16.6. The molecule has 0 fully saturated rings. The molecule has 0 aliphatic rings. The van der Waals surface area contributed by atoms with Crippen LogP contribution in [0.2, 0.25) is 0 Å². The maximum absolute atomic E-state index is 12.8. The second-order valence-corrected chi connectivity index (χ2v) is 9.37. The number of hydrogen-bond acceptors (Lipinski definition) is 5. The third-order valence-electron chi connectivity index (χ3n) is 4.82. The minimum atomic E-state index is -4.36. The number of halogens is 3. The molecule has 0 aliphatic carbocycles. The largest absolute Gasteiger partial charge is 0.482 e. The Morgan fingerprint density at radius 1 is 1.09 bits per heavy atom. The molecule has 0 bridgehead atoms. The SMILES string of the molecule is Cc1cc(SCc2ccc3nc(-c4ccc(C(F)(F)F)cc4)sc3c2)ccc1OCC(=O)O. The molecule has 0 saturated carbocycles. The zero-order valence-electron chi connectivity index (χ0n) is 17.3. The van der Waals surface area contributed by atoms with E-state index < -0.39 is 17.7 Å². The Hall–Kier alpha value is -3.04. The fraction of sp³-hybridized carbons (Fsp3) is 0.167. The normalized spacial score (nSPS) is 11.6. The summed E-state index contributed by atoms with van der Waals surface area (Å²) in [5, 5.41) is 9.42. The Kier molecular flexibility index (Phi) is 6.62. The number of ether oxygens (including phenoxy) is 1. The predicted octanol–water partition coefficient (Wildman–Crippen LogP) is 7.05. The second kappa shape index (κ2) is 9.44. The van der Waals surface area contributed by atoms with Crippen molar-refractivity contribution in [1.29, 1.82) is 0 Å². The van der Waals surface area contributed by atoms with Crippen molar-refractivity contribution < 1.29 is 27.8 Å². The van der Waals surface area contributed by atoms with Crippen LogP contribution < -0.4 is 4.74 Å². The number of thiazole rings is 1. The van der Waals surface area contributed by atoms with Crippen LogP contribution in [0.3, 0.4) is 0 Å². The number of carboxylic acid groups (broad SMARTS) is 1. The molecule has 1 aromatic heterocycles. The molecule has 9 heteroatoms. The summed E-state index contributed by atoms with van der Waals surface area (Å²) >= 11 is 3.09. The topological polar surface area (TPSA) is 59.4 Å². The maximum Gasteiger partial charge on any atom is 0.416 e. The van der Waals surface area contributed by atoms with Crippen LogP contribution in [-0.4, -0.2) is 22.7 Å². The molecule has 33 heavy (non-hydrogen) atoms. The van der Waals surface area contributed by atoms with E-state index in [-0.39, 0.29) is 6.61 Å². The highest BCUT2D eigenvalue weighted by Crippen LogP contribution is 2.35. The fourth-order valence-electron chi connectivity index (χ4n) is 3.16. The molecule has 3 aromatic carbocycles. The summed E-state index contributed by atoms with van der Waals surface area (Å²) in [5.41, 5.74) is 2.74. The van der Waals surface area contributed by atoms with Gasteiger partial charge in [0.2, 0.25) is 0 Å². The van der Waals surface area contributed by atoms with Gasteiger partial charge in [-0.3, -0.25) is 0 Å². The monoisotopic (exact) mass is 489 g/mol. The smallest absolute Gasteiger partial charge is 0.416 e. The highest BCUT2D eigenvalue weighted by Gasteiger charge is 2.30. The summed E-state index contributed by atoms with van der Waals surface area (Å²) in [4.78, 5) is 16.3. The number of alkyl halides is 3. The number of hydrogen-bond donors (Lipinski definition) is 1. The summed E-state index contributed by atoms with van der Waals surface area (Å²) < 4.78 is 44.6. The second-order valence-electron chi connectivity index (χ2n) is 7.29. The van der Waals surface area contributed by atoms with Crippen LogP contribution >= 0.6 is 23.1 Å². The lowest BCUT2D eigenvalue weighted by molar-refractivity contribution is -0.139. The lowest BCUT2D eigenvalue weighted by Gasteiger charge is -2.09. The van der Waals surface area contributed by atoms with Gasteiger partial charge in [-0.05, 0) is 60.5 Å². The van der Waals surface area contributed by atoms with Crippen molar-refractivity contribution in [2.75, 3.05) is 6.61 Å². The molecule has 1 heterocycles. The maximum atomic E-state index is 12.8. The van der Waals surface area contributed by atoms with Gasteiger partial charge in [-0.15, -0.1) is 23.1 Å². The summed E-state index contributed by atoms with van der Waals surface area (Å²) in [6.07, 6.45) is -4.36. The van der Waals surface area contributed by atoms with E-state index in [0.717, 1.165) is 44.1 Å². The highest BCUT2D eigenvalue weighted by molar-refractivity contribution is 7.98. The molecule has 0 radical (unpaired) electrons. The predicted molar refractivity (Wildman–Crippen MR) is 124 cm³/mol. The van der Waals surface area contributed by atoms with Gasteiger partial charge in [0.05, 0.1) is 15.8 Å². The number of carbonyl (C=O) groups is 1. The molecular weight excluding hydrogens is 471 g/mol. The van der Waals surface area contributed by atoms with E-state index in [0.29, 0.717) is 16.3 Å². The first-order valence-corrected chi connectivity index (χ1v) is 11.6. The Morgan fingerprint density at radius 3 is 2.52 bits per heavy atom. The van der Waals surface area contributed by atoms with Crippen molar-refractivity contribution in [3.05, 3.63) is 77.4 Å². The molecular formula is C24H18F3NO3S2. The number of thioether (sulfide) groups is 1. The Labute approximate surface area is 196 Å². The van der Waals surface area contributed by atoms with Crippen molar-refractivity contribution in [2.24, 2.45) is 0 Å². The first-order valence-electron chi connectivity index (χ1n) is 9.84. The first kappa shape index (κ1) is 23.1. The minimum absolute atomic E-state index is 0.378. The van der Waals surface area contributed by atoms with E-state index in [9.17, 15) is 18.0 Å². The van der Waals surface area contributed by atoms with Gasteiger partial charge in [-0.1, -0.05) is 18.2 Å². The van der Waals surface area contributed by atoms with Crippen LogP contribution in [0.25, 0.3) is 20.8 Å².